The van der Waals surface area contributed by atoms with Gasteiger partial charge in [-0.05, 0) is 42.8 Å². The largest absolute Gasteiger partial charge is 0.489 e. The quantitative estimate of drug-likeness (QED) is 0.915. The summed E-state index contributed by atoms with van der Waals surface area (Å²) in [5.74, 6) is -0.382. The molecular formula is C15H15F2NO. The lowest BCUT2D eigenvalue weighted by Crippen LogP contribution is -2.05. The van der Waals surface area contributed by atoms with Crippen molar-refractivity contribution < 1.29 is 13.5 Å². The van der Waals surface area contributed by atoms with Gasteiger partial charge < -0.3 is 10.5 Å². The van der Waals surface area contributed by atoms with Crippen LogP contribution in [0.3, 0.4) is 0 Å². The Bertz CT molecular complexity index is 570. The first kappa shape index (κ1) is 13.5. The molecule has 0 saturated carbocycles. The molecule has 0 amide bonds. The van der Waals surface area contributed by atoms with Crippen molar-refractivity contribution in [3.63, 3.8) is 0 Å². The molecule has 0 radical (unpaired) electrons. The van der Waals surface area contributed by atoms with E-state index >= 15 is 0 Å². The Labute approximate surface area is 110 Å². The molecule has 2 nitrogen and oxygen atoms in total. The van der Waals surface area contributed by atoms with Gasteiger partial charge in [-0.15, -0.1) is 0 Å². The highest BCUT2D eigenvalue weighted by Crippen LogP contribution is 2.19. The van der Waals surface area contributed by atoms with Gasteiger partial charge in [0.05, 0.1) is 0 Å². The first-order chi connectivity index (χ1) is 9.06. The van der Waals surface area contributed by atoms with Crippen LogP contribution in [0, 0.1) is 11.6 Å². The Morgan fingerprint density at radius 2 is 1.95 bits per heavy atom. The van der Waals surface area contributed by atoms with Gasteiger partial charge in [0.25, 0.3) is 0 Å². The summed E-state index contributed by atoms with van der Waals surface area (Å²) in [6.45, 7) is 1.84. The predicted octanol–water partition coefficient (Wildman–Crippen LogP) is 3.56. The summed E-state index contributed by atoms with van der Waals surface area (Å²) >= 11 is 0. The average Bonchev–Trinajstić information content (AvgIpc) is 2.40. The molecule has 2 aromatic rings. The van der Waals surface area contributed by atoms with Crippen molar-refractivity contribution in [2.45, 2.75) is 19.6 Å². The number of hydrogen-bond acceptors (Lipinski definition) is 2. The lowest BCUT2D eigenvalue weighted by molar-refractivity contribution is 0.298. The molecule has 100 valence electrons. The second-order valence-corrected chi connectivity index (χ2v) is 4.39. The minimum Gasteiger partial charge on any atom is -0.489 e. The Balaban J connectivity index is 2.10. The van der Waals surface area contributed by atoms with Crippen LogP contribution in [0.25, 0.3) is 0 Å². The molecular weight excluding hydrogens is 248 g/mol. The van der Waals surface area contributed by atoms with Crippen LogP contribution >= 0.6 is 0 Å². The van der Waals surface area contributed by atoms with E-state index in [0.717, 1.165) is 23.8 Å². The molecule has 2 aromatic carbocycles. The molecule has 0 spiro atoms. The van der Waals surface area contributed by atoms with Crippen molar-refractivity contribution in [3.8, 4) is 5.75 Å². The normalized spacial score (nSPS) is 12.2. The molecule has 0 heterocycles. The summed E-state index contributed by atoms with van der Waals surface area (Å²) in [6, 6.07) is 10.4. The second kappa shape index (κ2) is 5.80. The van der Waals surface area contributed by atoms with Crippen molar-refractivity contribution in [1.82, 2.24) is 0 Å². The lowest BCUT2D eigenvalue weighted by Gasteiger charge is -2.10. The van der Waals surface area contributed by atoms with Gasteiger partial charge >= 0.3 is 0 Å². The molecule has 2 N–H and O–H groups in total. The third kappa shape index (κ3) is 3.51. The Hall–Kier alpha value is -1.94. The molecule has 1 atom stereocenters. The van der Waals surface area contributed by atoms with Crippen LogP contribution < -0.4 is 10.5 Å². The highest BCUT2D eigenvalue weighted by Gasteiger charge is 2.06. The van der Waals surface area contributed by atoms with E-state index in [9.17, 15) is 8.78 Å². The van der Waals surface area contributed by atoms with E-state index in [0.29, 0.717) is 5.75 Å². The van der Waals surface area contributed by atoms with Crippen molar-refractivity contribution in [2.24, 2.45) is 5.73 Å². The number of nitrogens with two attached hydrogens (primary N) is 1. The summed E-state index contributed by atoms with van der Waals surface area (Å²) in [6.07, 6.45) is 0. The van der Waals surface area contributed by atoms with Crippen LogP contribution in [-0.2, 0) is 6.61 Å². The van der Waals surface area contributed by atoms with E-state index in [1.54, 1.807) is 12.1 Å². The van der Waals surface area contributed by atoms with Crippen LogP contribution in [0.4, 0.5) is 8.78 Å². The molecule has 19 heavy (non-hydrogen) atoms. The summed E-state index contributed by atoms with van der Waals surface area (Å²) in [4.78, 5) is 0. The molecule has 0 saturated heterocycles. The van der Waals surface area contributed by atoms with Gasteiger partial charge in [-0.1, -0.05) is 12.1 Å². The Kier molecular flexibility index (Phi) is 4.12. The Morgan fingerprint density at radius 1 is 1.16 bits per heavy atom. The van der Waals surface area contributed by atoms with Crippen LogP contribution in [0.15, 0.2) is 42.5 Å². The first-order valence-corrected chi connectivity index (χ1v) is 5.98. The molecule has 0 aliphatic heterocycles. The molecule has 0 aliphatic rings. The maximum absolute atomic E-state index is 13.4. The highest BCUT2D eigenvalue weighted by molar-refractivity contribution is 5.30. The van der Waals surface area contributed by atoms with Crippen molar-refractivity contribution >= 4 is 0 Å². The standard InChI is InChI=1S/C15H15F2NO/c1-10(18)11-3-2-4-14(8-11)19-9-12-7-13(16)5-6-15(12)17/h2-8,10H,9,18H2,1H3/t10-/m1/s1. The third-order valence-electron chi connectivity index (χ3n) is 2.79. The van der Waals surface area contributed by atoms with Crippen molar-refractivity contribution in [2.75, 3.05) is 0 Å². The van der Waals surface area contributed by atoms with Gasteiger partial charge in [0.2, 0.25) is 0 Å². The minimum atomic E-state index is -0.482. The maximum Gasteiger partial charge on any atom is 0.130 e. The SMILES string of the molecule is C[C@@H](N)c1cccc(OCc2cc(F)ccc2F)c1. The van der Waals surface area contributed by atoms with Gasteiger partial charge in [0.15, 0.2) is 0 Å². The number of rotatable bonds is 4. The fourth-order valence-corrected chi connectivity index (χ4v) is 1.70. The number of halogens is 2. The van der Waals surface area contributed by atoms with E-state index in [1.165, 1.54) is 0 Å². The first-order valence-electron chi connectivity index (χ1n) is 5.98. The summed E-state index contributed by atoms with van der Waals surface area (Å²) in [5.41, 5.74) is 6.88. The zero-order chi connectivity index (χ0) is 13.8. The van der Waals surface area contributed by atoms with Gasteiger partial charge in [0.1, 0.15) is 24.0 Å². The molecule has 0 fully saturated rings. The fourth-order valence-electron chi connectivity index (χ4n) is 1.70. The van der Waals surface area contributed by atoms with Crippen LogP contribution in [0.1, 0.15) is 24.1 Å². The van der Waals surface area contributed by atoms with Crippen molar-refractivity contribution in [3.05, 3.63) is 65.2 Å². The van der Waals surface area contributed by atoms with Crippen LogP contribution in [-0.4, -0.2) is 0 Å². The molecule has 0 unspecified atom stereocenters. The third-order valence-corrected chi connectivity index (χ3v) is 2.79. The van der Waals surface area contributed by atoms with Crippen molar-refractivity contribution in [1.29, 1.82) is 0 Å². The van der Waals surface area contributed by atoms with Gasteiger partial charge in [-0.25, -0.2) is 8.78 Å². The average molecular weight is 263 g/mol. The maximum atomic E-state index is 13.4. The molecule has 2 rings (SSSR count). The second-order valence-electron chi connectivity index (χ2n) is 4.39. The lowest BCUT2D eigenvalue weighted by atomic mass is 10.1. The molecule has 0 aromatic heterocycles. The highest BCUT2D eigenvalue weighted by atomic mass is 19.1. The molecule has 0 aliphatic carbocycles. The van der Waals surface area contributed by atoms with Gasteiger partial charge in [-0.2, -0.15) is 0 Å². The minimum absolute atomic E-state index is 0.0218. The van der Waals surface area contributed by atoms with Crippen LogP contribution in [0.5, 0.6) is 5.75 Å². The molecule has 4 heteroatoms. The number of benzene rings is 2. The van der Waals surface area contributed by atoms with E-state index in [-0.39, 0.29) is 18.2 Å². The Morgan fingerprint density at radius 3 is 2.68 bits per heavy atom. The summed E-state index contributed by atoms with van der Waals surface area (Å²) in [5, 5.41) is 0. The van der Waals surface area contributed by atoms with E-state index in [2.05, 4.69) is 0 Å². The zero-order valence-corrected chi connectivity index (χ0v) is 10.6. The van der Waals surface area contributed by atoms with Crippen LogP contribution in [0.2, 0.25) is 0 Å². The van der Waals surface area contributed by atoms with Gasteiger partial charge in [0, 0.05) is 11.6 Å². The zero-order valence-electron chi connectivity index (χ0n) is 10.6. The van der Waals surface area contributed by atoms with Gasteiger partial charge in [-0.3, -0.25) is 0 Å². The van der Waals surface area contributed by atoms with E-state index in [4.69, 9.17) is 10.5 Å². The number of hydrogen-bond donors (Lipinski definition) is 1. The topological polar surface area (TPSA) is 35.2 Å². The predicted molar refractivity (Wildman–Crippen MR) is 69.7 cm³/mol. The van der Waals surface area contributed by atoms with E-state index < -0.39 is 11.6 Å². The summed E-state index contributed by atoms with van der Waals surface area (Å²) < 4.78 is 31.9. The smallest absolute Gasteiger partial charge is 0.130 e. The monoisotopic (exact) mass is 263 g/mol. The molecule has 0 bridgehead atoms. The fraction of sp³-hybridized carbons (Fsp3) is 0.200. The number of ether oxygens (including phenoxy) is 1. The van der Waals surface area contributed by atoms with E-state index in [1.807, 2.05) is 19.1 Å². The summed E-state index contributed by atoms with van der Waals surface area (Å²) in [7, 11) is 0.